The van der Waals surface area contributed by atoms with E-state index >= 15 is 0 Å². The predicted octanol–water partition coefficient (Wildman–Crippen LogP) is 6.31. The molecule has 2 aliphatic heterocycles. The van der Waals surface area contributed by atoms with E-state index in [0.29, 0.717) is 65.6 Å². The first-order valence-electron chi connectivity index (χ1n) is 17.7. The van der Waals surface area contributed by atoms with Crippen LogP contribution in [0.25, 0.3) is 28.1 Å². The lowest BCUT2D eigenvalue weighted by Crippen LogP contribution is -2.52. The molecule has 0 radical (unpaired) electrons. The third-order valence-corrected chi connectivity index (χ3v) is 9.48. The number of anilines is 3. The number of rotatable bonds is 12. The molecule has 50 heavy (non-hydrogen) atoms. The SMILES string of the molecule is CCOc1cc(CN2CCC(N(c3nc4nc(Nc5nc6ncccc6o5)ccc4o3)C3CCNCC3)CC2)cc(OCC)c1-n1cccc1. The predicted molar refractivity (Wildman–Crippen MR) is 192 cm³/mol. The second-order valence-electron chi connectivity index (χ2n) is 12.8. The Morgan fingerprint density at radius 3 is 2.28 bits per heavy atom. The molecule has 0 aliphatic carbocycles. The van der Waals surface area contributed by atoms with Gasteiger partial charge in [-0.3, -0.25) is 10.2 Å². The Bertz CT molecular complexity index is 1970. The maximum absolute atomic E-state index is 6.44. The monoisotopic (exact) mass is 677 g/mol. The van der Waals surface area contributed by atoms with E-state index in [1.54, 1.807) is 6.20 Å². The van der Waals surface area contributed by atoms with Crippen LogP contribution < -0.4 is 25.0 Å². The minimum absolute atomic E-state index is 0.307. The van der Waals surface area contributed by atoms with E-state index in [4.69, 9.17) is 28.3 Å². The van der Waals surface area contributed by atoms with Crippen molar-refractivity contribution in [1.82, 2.24) is 34.7 Å². The molecular weight excluding hydrogens is 634 g/mol. The molecule has 2 fully saturated rings. The number of hydrogen-bond donors (Lipinski definition) is 2. The molecule has 0 saturated carbocycles. The number of pyridine rings is 2. The summed E-state index contributed by atoms with van der Waals surface area (Å²) in [4.78, 5) is 23.3. The summed E-state index contributed by atoms with van der Waals surface area (Å²) in [6, 6.07) is 17.4. The number of piperidine rings is 2. The zero-order valence-corrected chi connectivity index (χ0v) is 28.5. The van der Waals surface area contributed by atoms with E-state index in [1.807, 2.05) is 62.6 Å². The van der Waals surface area contributed by atoms with Gasteiger partial charge >= 0.3 is 6.01 Å². The standard InChI is InChI=1S/C37H43N9O4/c1-3-47-30-22-25(23-31(48-4-2)33(30)45-18-5-6-19-45)24-44-20-13-27(14-21-44)46(26-11-16-38-17-12-26)37-43-35-29(50-37)9-10-32(40-35)41-36-42-34-28(49-36)8-7-15-39-34/h5-10,15,18-19,22-23,26-27,38H,3-4,11-14,16-17,20-21,24H2,1-2H3,(H,39,40,41,42). The average Bonchev–Trinajstić information content (AvgIpc) is 3.90. The molecule has 13 heteroatoms. The first-order valence-corrected chi connectivity index (χ1v) is 17.7. The summed E-state index contributed by atoms with van der Waals surface area (Å²) in [5, 5.41) is 6.67. The van der Waals surface area contributed by atoms with Gasteiger partial charge in [0.05, 0.1) is 13.2 Å². The summed E-state index contributed by atoms with van der Waals surface area (Å²) in [6.45, 7) is 9.92. The number of oxazole rings is 2. The highest BCUT2D eigenvalue weighted by Gasteiger charge is 2.34. The fraction of sp³-hybridized carbons (Fsp3) is 0.405. The van der Waals surface area contributed by atoms with Crippen molar-refractivity contribution in [2.24, 2.45) is 0 Å². The number of fused-ring (bicyclic) bond motifs is 2. The third kappa shape index (κ3) is 6.70. The van der Waals surface area contributed by atoms with Gasteiger partial charge in [0, 0.05) is 50.3 Å². The van der Waals surface area contributed by atoms with Crippen molar-refractivity contribution >= 4 is 40.3 Å². The normalized spacial score (nSPS) is 16.3. The van der Waals surface area contributed by atoms with Crippen LogP contribution >= 0.6 is 0 Å². The number of likely N-dealkylation sites (tertiary alicyclic amines) is 1. The Labute approximate surface area is 290 Å². The molecule has 5 aromatic heterocycles. The van der Waals surface area contributed by atoms with Crippen molar-refractivity contribution in [3.05, 3.63) is 72.7 Å². The minimum Gasteiger partial charge on any atom is -0.492 e. The number of ether oxygens (including phenoxy) is 2. The second-order valence-corrected chi connectivity index (χ2v) is 12.8. The molecule has 0 bridgehead atoms. The van der Waals surface area contributed by atoms with Crippen LogP contribution in [0, 0.1) is 0 Å². The Kier molecular flexibility index (Phi) is 9.23. The quantitative estimate of drug-likeness (QED) is 0.150. The molecule has 2 saturated heterocycles. The Hall–Kier alpha value is -5.14. The van der Waals surface area contributed by atoms with E-state index in [2.05, 4.69) is 47.1 Å². The lowest BCUT2D eigenvalue weighted by molar-refractivity contribution is 0.191. The highest BCUT2D eigenvalue weighted by Crippen LogP contribution is 2.37. The van der Waals surface area contributed by atoms with Crippen molar-refractivity contribution in [2.75, 3.05) is 49.6 Å². The third-order valence-electron chi connectivity index (χ3n) is 9.48. The van der Waals surface area contributed by atoms with Gasteiger partial charge in [0.15, 0.2) is 11.2 Å². The number of nitrogens with one attached hydrogen (secondary N) is 2. The molecule has 13 nitrogen and oxygen atoms in total. The van der Waals surface area contributed by atoms with Crippen LogP contribution in [-0.4, -0.2) is 80.9 Å². The molecular formula is C37H43N9O4. The molecule has 8 rings (SSSR count). The van der Waals surface area contributed by atoms with Gasteiger partial charge < -0.3 is 33.1 Å². The fourth-order valence-electron chi connectivity index (χ4n) is 7.23. The summed E-state index contributed by atoms with van der Waals surface area (Å²) < 4.78 is 26.6. The van der Waals surface area contributed by atoms with Gasteiger partial charge in [0.2, 0.25) is 11.3 Å². The van der Waals surface area contributed by atoms with Crippen LogP contribution in [0.1, 0.15) is 45.1 Å². The molecule has 6 aromatic rings. The van der Waals surface area contributed by atoms with Crippen molar-refractivity contribution in [3.63, 3.8) is 0 Å². The minimum atomic E-state index is 0.307. The number of benzene rings is 1. The molecule has 1 aromatic carbocycles. The summed E-state index contributed by atoms with van der Waals surface area (Å²) >= 11 is 0. The van der Waals surface area contributed by atoms with Gasteiger partial charge in [0.25, 0.3) is 6.01 Å². The maximum atomic E-state index is 6.44. The summed E-state index contributed by atoms with van der Waals surface area (Å²) in [5.74, 6) is 2.25. The van der Waals surface area contributed by atoms with Crippen LogP contribution in [0.2, 0.25) is 0 Å². The Morgan fingerprint density at radius 1 is 0.840 bits per heavy atom. The molecule has 0 spiro atoms. The van der Waals surface area contributed by atoms with Crippen LogP contribution in [0.3, 0.4) is 0 Å². The largest absolute Gasteiger partial charge is 0.492 e. The van der Waals surface area contributed by atoms with E-state index in [9.17, 15) is 0 Å². The van der Waals surface area contributed by atoms with Crippen molar-refractivity contribution in [3.8, 4) is 17.2 Å². The van der Waals surface area contributed by atoms with Gasteiger partial charge in [-0.2, -0.15) is 9.97 Å². The Morgan fingerprint density at radius 2 is 1.56 bits per heavy atom. The zero-order chi connectivity index (χ0) is 33.9. The lowest BCUT2D eigenvalue weighted by atomic mass is 9.97. The highest BCUT2D eigenvalue weighted by molar-refractivity contribution is 5.74. The summed E-state index contributed by atoms with van der Waals surface area (Å²) in [7, 11) is 0. The van der Waals surface area contributed by atoms with Gasteiger partial charge in [-0.1, -0.05) is 0 Å². The van der Waals surface area contributed by atoms with Crippen LogP contribution in [0.5, 0.6) is 11.5 Å². The molecule has 260 valence electrons. The first-order chi connectivity index (χ1) is 24.6. The van der Waals surface area contributed by atoms with Crippen molar-refractivity contribution in [1.29, 1.82) is 0 Å². The van der Waals surface area contributed by atoms with E-state index in [-0.39, 0.29) is 0 Å². The second kappa shape index (κ2) is 14.4. The molecule has 0 amide bonds. The van der Waals surface area contributed by atoms with Crippen molar-refractivity contribution < 1.29 is 18.3 Å². The first kappa shape index (κ1) is 32.1. The summed E-state index contributed by atoms with van der Waals surface area (Å²) in [6.07, 6.45) is 9.84. The lowest BCUT2D eigenvalue weighted by Gasteiger charge is -2.43. The molecule has 7 heterocycles. The van der Waals surface area contributed by atoms with E-state index in [1.165, 1.54) is 5.56 Å². The number of aromatic nitrogens is 5. The van der Waals surface area contributed by atoms with E-state index < -0.39 is 0 Å². The average molecular weight is 678 g/mol. The highest BCUT2D eigenvalue weighted by atomic mass is 16.5. The van der Waals surface area contributed by atoms with Gasteiger partial charge in [0.1, 0.15) is 23.0 Å². The maximum Gasteiger partial charge on any atom is 0.303 e. The fourth-order valence-corrected chi connectivity index (χ4v) is 7.23. The molecule has 0 atom stereocenters. The van der Waals surface area contributed by atoms with Gasteiger partial charge in [-0.25, -0.2) is 9.97 Å². The molecule has 2 N–H and O–H groups in total. The van der Waals surface area contributed by atoms with E-state index in [0.717, 1.165) is 75.6 Å². The smallest absolute Gasteiger partial charge is 0.303 e. The number of nitrogens with zero attached hydrogens (tertiary/aromatic N) is 7. The van der Waals surface area contributed by atoms with Crippen LogP contribution in [-0.2, 0) is 6.54 Å². The zero-order valence-electron chi connectivity index (χ0n) is 28.5. The van der Waals surface area contributed by atoms with Gasteiger partial charge in [-0.15, -0.1) is 0 Å². The molecule has 2 aliphatic rings. The topological polar surface area (TPSA) is 132 Å². The Balaban J connectivity index is 0.996. The van der Waals surface area contributed by atoms with Crippen molar-refractivity contribution in [2.45, 2.75) is 58.2 Å². The van der Waals surface area contributed by atoms with Gasteiger partial charge in [-0.05, 0) is 107 Å². The number of hydrogen-bond acceptors (Lipinski definition) is 12. The summed E-state index contributed by atoms with van der Waals surface area (Å²) in [5.41, 5.74) is 4.48. The van der Waals surface area contributed by atoms with Crippen LogP contribution in [0.4, 0.5) is 17.8 Å². The van der Waals surface area contributed by atoms with Crippen LogP contribution in [0.15, 0.2) is 76.0 Å². The molecule has 0 unspecified atom stereocenters.